The number of ether oxygens (including phenoxy) is 4. The Morgan fingerprint density at radius 3 is 2.21 bits per heavy atom. The van der Waals surface area contributed by atoms with Crippen molar-refractivity contribution in [2.75, 3.05) is 13.7 Å². The van der Waals surface area contributed by atoms with Crippen molar-refractivity contribution in [1.29, 1.82) is 0 Å². The van der Waals surface area contributed by atoms with E-state index in [1.54, 1.807) is 13.8 Å². The number of esters is 2. The summed E-state index contributed by atoms with van der Waals surface area (Å²) in [4.78, 5) is 22.8. The van der Waals surface area contributed by atoms with Gasteiger partial charge in [-0.25, -0.2) is 0 Å². The third-order valence-electron chi connectivity index (χ3n) is 5.27. The predicted octanol–water partition coefficient (Wildman–Crippen LogP) is 3.13. The lowest BCUT2D eigenvalue weighted by Crippen LogP contribution is -2.50. The molecule has 0 amide bonds. The van der Waals surface area contributed by atoms with Crippen molar-refractivity contribution in [2.45, 2.75) is 51.5 Å². The molecule has 0 aliphatic carbocycles. The van der Waals surface area contributed by atoms with E-state index in [-0.39, 0.29) is 29.8 Å². The second kappa shape index (κ2) is 10.2. The number of alkyl halides is 3. The highest BCUT2D eigenvalue weighted by Gasteiger charge is 2.49. The molecule has 5 atom stereocenters. The Labute approximate surface area is 189 Å². The molecule has 1 aliphatic heterocycles. The normalized spacial score (nSPS) is 25.8. The van der Waals surface area contributed by atoms with E-state index >= 15 is 0 Å². The lowest BCUT2D eigenvalue weighted by Gasteiger charge is -2.44. The van der Waals surface area contributed by atoms with Crippen LogP contribution in [0.25, 0.3) is 0 Å². The van der Waals surface area contributed by atoms with E-state index in [0.29, 0.717) is 0 Å². The topological polar surface area (TPSA) is 114 Å². The van der Waals surface area contributed by atoms with Gasteiger partial charge in [-0.3, -0.25) is 9.59 Å². The molecule has 1 fully saturated rings. The highest BCUT2D eigenvalue weighted by atomic mass is 32.2. The summed E-state index contributed by atoms with van der Waals surface area (Å²) in [5, 5.41) is 0. The van der Waals surface area contributed by atoms with Crippen molar-refractivity contribution >= 4 is 22.1 Å². The van der Waals surface area contributed by atoms with Crippen LogP contribution in [-0.2, 0) is 33.9 Å². The van der Waals surface area contributed by atoms with Crippen molar-refractivity contribution in [3.05, 3.63) is 23.8 Å². The van der Waals surface area contributed by atoms with Crippen LogP contribution in [-0.4, -0.2) is 51.8 Å². The summed E-state index contributed by atoms with van der Waals surface area (Å²) < 4.78 is 87.1. The van der Waals surface area contributed by atoms with Crippen LogP contribution >= 0.6 is 0 Å². The maximum atomic E-state index is 12.8. The SMILES string of the molecule is COc1ccc(C2O[C@H](COC(C)=O)[C@@H](OC(C)=O)[C@H](C)[C@@H]2C)cc1OS(=O)(=O)C(F)(F)F. The molecule has 1 aromatic rings. The van der Waals surface area contributed by atoms with Crippen LogP contribution in [0.15, 0.2) is 18.2 Å². The zero-order valence-electron chi connectivity index (χ0n) is 18.5. The Kier molecular flexibility index (Phi) is 8.22. The van der Waals surface area contributed by atoms with Gasteiger partial charge in [0.25, 0.3) is 0 Å². The fourth-order valence-electron chi connectivity index (χ4n) is 3.49. The number of halogens is 3. The van der Waals surface area contributed by atoms with Crippen LogP contribution in [0.2, 0.25) is 0 Å². The molecule has 0 radical (unpaired) electrons. The highest BCUT2D eigenvalue weighted by molar-refractivity contribution is 7.88. The van der Waals surface area contributed by atoms with Crippen molar-refractivity contribution < 1.29 is 54.3 Å². The fourth-order valence-corrected chi connectivity index (χ4v) is 3.96. The maximum absolute atomic E-state index is 12.8. The molecule has 0 saturated carbocycles. The molecular formula is C20H25F3O9S. The van der Waals surface area contributed by atoms with Crippen LogP contribution in [0, 0.1) is 11.8 Å². The van der Waals surface area contributed by atoms with E-state index in [1.165, 1.54) is 26.0 Å². The van der Waals surface area contributed by atoms with Gasteiger partial charge in [-0.1, -0.05) is 19.9 Å². The molecule has 0 aromatic heterocycles. The predicted molar refractivity (Wildman–Crippen MR) is 107 cm³/mol. The molecule has 0 N–H and O–H groups in total. The van der Waals surface area contributed by atoms with Crippen LogP contribution in [0.3, 0.4) is 0 Å². The first-order valence-electron chi connectivity index (χ1n) is 9.82. The minimum absolute atomic E-state index is 0.233. The molecule has 1 aromatic carbocycles. The number of rotatable bonds is 7. The van der Waals surface area contributed by atoms with E-state index in [2.05, 4.69) is 4.18 Å². The summed E-state index contributed by atoms with van der Waals surface area (Å²) in [6.07, 6.45) is -2.42. The molecule has 33 heavy (non-hydrogen) atoms. The summed E-state index contributed by atoms with van der Waals surface area (Å²) in [7, 11) is -4.80. The average molecular weight is 498 g/mol. The molecule has 0 bridgehead atoms. The van der Waals surface area contributed by atoms with Crippen LogP contribution in [0.4, 0.5) is 13.2 Å². The van der Waals surface area contributed by atoms with Crippen molar-refractivity contribution in [2.24, 2.45) is 11.8 Å². The quantitative estimate of drug-likeness (QED) is 0.318. The lowest BCUT2D eigenvalue weighted by molar-refractivity contribution is -0.207. The van der Waals surface area contributed by atoms with Gasteiger partial charge in [0.05, 0.1) is 13.2 Å². The van der Waals surface area contributed by atoms with E-state index in [9.17, 15) is 31.2 Å². The molecule has 13 heteroatoms. The highest BCUT2D eigenvalue weighted by Crippen LogP contribution is 2.44. The molecule has 1 heterocycles. The molecule has 186 valence electrons. The molecule has 1 saturated heterocycles. The molecular weight excluding hydrogens is 473 g/mol. The lowest BCUT2D eigenvalue weighted by atomic mass is 9.79. The standard InChI is InChI=1S/C20H25F3O9S/c1-10-11(2)19(30-13(4)25)17(9-29-12(3)24)31-18(10)14-6-7-15(28-5)16(8-14)32-33(26,27)20(21,22)23/h6-8,10-11,17-19H,9H2,1-5H3/t10-,11+,17+,18?,19-/m0/s1. The fraction of sp³-hybridized carbons (Fsp3) is 0.600. The Morgan fingerprint density at radius 1 is 1.06 bits per heavy atom. The number of carbonyl (C=O) groups excluding carboxylic acids is 2. The molecule has 9 nitrogen and oxygen atoms in total. The minimum atomic E-state index is -5.94. The first-order chi connectivity index (χ1) is 15.2. The van der Waals surface area contributed by atoms with Gasteiger partial charge in [0.15, 0.2) is 11.5 Å². The van der Waals surface area contributed by atoms with Gasteiger partial charge < -0.3 is 23.1 Å². The summed E-state index contributed by atoms with van der Waals surface area (Å²) in [5.41, 5.74) is -5.35. The minimum Gasteiger partial charge on any atom is -0.493 e. The molecule has 2 rings (SSSR count). The Morgan fingerprint density at radius 2 is 1.70 bits per heavy atom. The van der Waals surface area contributed by atoms with Gasteiger partial charge in [0.1, 0.15) is 18.8 Å². The number of carbonyl (C=O) groups is 2. The van der Waals surface area contributed by atoms with Gasteiger partial charge in [-0.15, -0.1) is 0 Å². The van der Waals surface area contributed by atoms with Crippen LogP contribution in [0.5, 0.6) is 11.5 Å². The first-order valence-corrected chi connectivity index (χ1v) is 11.2. The van der Waals surface area contributed by atoms with E-state index in [1.807, 2.05) is 0 Å². The summed E-state index contributed by atoms with van der Waals surface area (Å²) in [6, 6.07) is 3.80. The van der Waals surface area contributed by atoms with Gasteiger partial charge in [-0.05, 0) is 23.6 Å². The number of methoxy groups -OCH3 is 1. The number of benzene rings is 1. The number of hydrogen-bond acceptors (Lipinski definition) is 9. The van der Waals surface area contributed by atoms with Crippen LogP contribution < -0.4 is 8.92 Å². The van der Waals surface area contributed by atoms with Crippen LogP contribution in [0.1, 0.15) is 39.4 Å². The largest absolute Gasteiger partial charge is 0.534 e. The third kappa shape index (κ3) is 6.28. The van der Waals surface area contributed by atoms with Crippen molar-refractivity contribution in [3.8, 4) is 11.5 Å². The van der Waals surface area contributed by atoms with Gasteiger partial charge in [0, 0.05) is 19.8 Å². The average Bonchev–Trinajstić information content (AvgIpc) is 2.69. The zero-order chi connectivity index (χ0) is 25.1. The monoisotopic (exact) mass is 498 g/mol. The van der Waals surface area contributed by atoms with Gasteiger partial charge in [-0.2, -0.15) is 21.6 Å². The molecule has 0 spiro atoms. The van der Waals surface area contributed by atoms with E-state index in [0.717, 1.165) is 13.2 Å². The second-order valence-electron chi connectivity index (χ2n) is 7.58. The molecule has 1 aliphatic rings. The Bertz CT molecular complexity index is 977. The first kappa shape index (κ1) is 26.7. The van der Waals surface area contributed by atoms with Gasteiger partial charge in [0.2, 0.25) is 0 Å². The Hall–Kier alpha value is -2.54. The smallest absolute Gasteiger partial charge is 0.493 e. The van der Waals surface area contributed by atoms with E-state index < -0.39 is 51.6 Å². The molecule has 1 unspecified atom stereocenters. The maximum Gasteiger partial charge on any atom is 0.534 e. The van der Waals surface area contributed by atoms with Crippen molar-refractivity contribution in [1.82, 2.24) is 0 Å². The summed E-state index contributed by atoms with van der Waals surface area (Å²) >= 11 is 0. The summed E-state index contributed by atoms with van der Waals surface area (Å²) in [6.45, 7) is 5.74. The van der Waals surface area contributed by atoms with E-state index in [4.69, 9.17) is 18.9 Å². The Balaban J connectivity index is 2.43. The number of hydrogen-bond donors (Lipinski definition) is 0. The zero-order valence-corrected chi connectivity index (χ0v) is 19.4. The second-order valence-corrected chi connectivity index (χ2v) is 9.12. The third-order valence-corrected chi connectivity index (χ3v) is 6.23. The summed E-state index contributed by atoms with van der Waals surface area (Å²) in [5.74, 6) is -2.72. The van der Waals surface area contributed by atoms with Crippen molar-refractivity contribution in [3.63, 3.8) is 0 Å². The van der Waals surface area contributed by atoms with Gasteiger partial charge >= 0.3 is 27.6 Å².